The number of nitrogens with zero attached hydrogens (tertiary/aromatic N) is 1. The van der Waals surface area contributed by atoms with E-state index in [-0.39, 0.29) is 5.56 Å². The van der Waals surface area contributed by atoms with Crippen LogP contribution in [0, 0.1) is 11.3 Å². The Morgan fingerprint density at radius 3 is 2.16 bits per heavy atom. The van der Waals surface area contributed by atoms with E-state index < -0.39 is 6.43 Å². The monoisotopic (exact) mass is 258 g/mol. The minimum atomic E-state index is -2.43. The lowest BCUT2D eigenvalue weighted by Gasteiger charge is -2.07. The Morgan fingerprint density at radius 1 is 1.00 bits per heavy atom. The van der Waals surface area contributed by atoms with Crippen molar-refractivity contribution in [2.45, 2.75) is 13.0 Å². The molecule has 0 saturated heterocycles. The van der Waals surface area contributed by atoms with Crippen LogP contribution in [0.5, 0.6) is 0 Å². The molecule has 0 aliphatic heterocycles. The first-order chi connectivity index (χ1) is 9.19. The quantitative estimate of drug-likeness (QED) is 0.895. The molecule has 19 heavy (non-hydrogen) atoms. The van der Waals surface area contributed by atoms with Crippen LogP contribution >= 0.6 is 0 Å². The second-order valence-corrected chi connectivity index (χ2v) is 4.08. The van der Waals surface area contributed by atoms with E-state index in [9.17, 15) is 8.78 Å². The van der Waals surface area contributed by atoms with Crippen LogP contribution in [-0.4, -0.2) is 0 Å². The van der Waals surface area contributed by atoms with Gasteiger partial charge in [-0.3, -0.25) is 0 Å². The number of rotatable bonds is 4. The molecule has 0 bridgehead atoms. The van der Waals surface area contributed by atoms with Crippen molar-refractivity contribution in [3.05, 3.63) is 65.2 Å². The molecule has 2 rings (SSSR count). The van der Waals surface area contributed by atoms with Crippen LogP contribution < -0.4 is 5.32 Å². The molecule has 4 heteroatoms. The fourth-order valence-corrected chi connectivity index (χ4v) is 1.65. The standard InChI is InChI=1S/C15H12F2N2/c16-15(17)13-5-1-12(2-6-13)10-19-14-7-3-11(9-18)4-8-14/h1-8,15,19H,10H2. The second kappa shape index (κ2) is 5.96. The Balaban J connectivity index is 1.96. The molecule has 0 fully saturated rings. The smallest absolute Gasteiger partial charge is 0.263 e. The van der Waals surface area contributed by atoms with Gasteiger partial charge in [0.2, 0.25) is 0 Å². The number of nitrogens with one attached hydrogen (secondary N) is 1. The third kappa shape index (κ3) is 3.52. The molecular weight excluding hydrogens is 246 g/mol. The summed E-state index contributed by atoms with van der Waals surface area (Å²) in [7, 11) is 0. The van der Waals surface area contributed by atoms with Crippen molar-refractivity contribution < 1.29 is 8.78 Å². The molecule has 0 aromatic heterocycles. The minimum Gasteiger partial charge on any atom is -0.381 e. The van der Waals surface area contributed by atoms with Gasteiger partial charge in [0.05, 0.1) is 11.6 Å². The van der Waals surface area contributed by atoms with Gasteiger partial charge in [-0.15, -0.1) is 0 Å². The van der Waals surface area contributed by atoms with Gasteiger partial charge in [0.1, 0.15) is 0 Å². The second-order valence-electron chi connectivity index (χ2n) is 4.08. The Labute approximate surface area is 110 Å². The van der Waals surface area contributed by atoms with Gasteiger partial charge in [-0.25, -0.2) is 8.78 Å². The highest BCUT2D eigenvalue weighted by molar-refractivity contribution is 5.47. The zero-order valence-corrected chi connectivity index (χ0v) is 10.1. The summed E-state index contributed by atoms with van der Waals surface area (Å²) in [5.74, 6) is 0. The van der Waals surface area contributed by atoms with Crippen molar-refractivity contribution in [2.75, 3.05) is 5.32 Å². The third-order valence-electron chi connectivity index (χ3n) is 2.74. The van der Waals surface area contributed by atoms with Crippen molar-refractivity contribution in [1.82, 2.24) is 0 Å². The maximum atomic E-state index is 12.4. The van der Waals surface area contributed by atoms with E-state index in [0.717, 1.165) is 11.3 Å². The molecular formula is C15H12F2N2. The molecule has 0 amide bonds. The summed E-state index contributed by atoms with van der Waals surface area (Å²) in [6.45, 7) is 0.551. The van der Waals surface area contributed by atoms with E-state index in [1.54, 1.807) is 24.3 Å². The summed E-state index contributed by atoms with van der Waals surface area (Å²) in [5, 5.41) is 11.8. The van der Waals surface area contributed by atoms with E-state index in [1.807, 2.05) is 18.2 Å². The van der Waals surface area contributed by atoms with Crippen molar-refractivity contribution in [2.24, 2.45) is 0 Å². The van der Waals surface area contributed by atoms with E-state index in [0.29, 0.717) is 12.1 Å². The van der Waals surface area contributed by atoms with Gasteiger partial charge < -0.3 is 5.32 Å². The molecule has 0 saturated carbocycles. The number of hydrogen-bond donors (Lipinski definition) is 1. The SMILES string of the molecule is N#Cc1ccc(NCc2ccc(C(F)F)cc2)cc1. The Hall–Kier alpha value is -2.41. The number of benzene rings is 2. The summed E-state index contributed by atoms with van der Waals surface area (Å²) in [4.78, 5) is 0. The molecule has 0 atom stereocenters. The number of nitriles is 1. The zero-order valence-electron chi connectivity index (χ0n) is 10.1. The highest BCUT2D eigenvalue weighted by Crippen LogP contribution is 2.19. The summed E-state index contributed by atoms with van der Waals surface area (Å²) in [6.07, 6.45) is -2.43. The number of alkyl halides is 2. The molecule has 0 aliphatic carbocycles. The lowest BCUT2D eigenvalue weighted by Crippen LogP contribution is -1.99. The Bertz CT molecular complexity index is 569. The first-order valence-corrected chi connectivity index (χ1v) is 5.80. The predicted octanol–water partition coefficient (Wildman–Crippen LogP) is 4.11. The summed E-state index contributed by atoms with van der Waals surface area (Å²) < 4.78 is 24.8. The fraction of sp³-hybridized carbons (Fsp3) is 0.133. The van der Waals surface area contributed by atoms with E-state index in [2.05, 4.69) is 5.32 Å². The van der Waals surface area contributed by atoms with Crippen LogP contribution in [0.1, 0.15) is 23.1 Å². The third-order valence-corrected chi connectivity index (χ3v) is 2.74. The van der Waals surface area contributed by atoms with E-state index in [1.165, 1.54) is 12.1 Å². The van der Waals surface area contributed by atoms with Crippen LogP contribution in [0.15, 0.2) is 48.5 Å². The van der Waals surface area contributed by atoms with E-state index in [4.69, 9.17) is 5.26 Å². The molecule has 2 aromatic rings. The van der Waals surface area contributed by atoms with Gasteiger partial charge in [-0.2, -0.15) is 5.26 Å². The topological polar surface area (TPSA) is 35.8 Å². The molecule has 2 aromatic carbocycles. The number of hydrogen-bond acceptors (Lipinski definition) is 2. The summed E-state index contributed by atoms with van der Waals surface area (Å²) in [6, 6.07) is 15.3. The Kier molecular flexibility index (Phi) is 4.09. The van der Waals surface area contributed by atoms with E-state index >= 15 is 0 Å². The van der Waals surface area contributed by atoms with Crippen molar-refractivity contribution in [1.29, 1.82) is 5.26 Å². The van der Waals surface area contributed by atoms with Crippen LogP contribution in [0.2, 0.25) is 0 Å². The summed E-state index contributed by atoms with van der Waals surface area (Å²) >= 11 is 0. The van der Waals surface area contributed by atoms with Gasteiger partial charge in [0.25, 0.3) is 6.43 Å². The average Bonchev–Trinajstić information content (AvgIpc) is 2.46. The van der Waals surface area contributed by atoms with Crippen LogP contribution in [0.4, 0.5) is 14.5 Å². The van der Waals surface area contributed by atoms with Gasteiger partial charge >= 0.3 is 0 Å². The van der Waals surface area contributed by atoms with Crippen LogP contribution in [0.3, 0.4) is 0 Å². The molecule has 2 nitrogen and oxygen atoms in total. The molecule has 0 aliphatic rings. The minimum absolute atomic E-state index is 0.0297. The average molecular weight is 258 g/mol. The van der Waals surface area contributed by atoms with Crippen molar-refractivity contribution >= 4 is 5.69 Å². The predicted molar refractivity (Wildman–Crippen MR) is 69.9 cm³/mol. The maximum absolute atomic E-state index is 12.4. The highest BCUT2D eigenvalue weighted by Gasteiger charge is 2.05. The molecule has 0 unspecified atom stereocenters. The molecule has 1 N–H and O–H groups in total. The first kappa shape index (κ1) is 13.0. The normalized spacial score (nSPS) is 10.2. The van der Waals surface area contributed by atoms with Crippen molar-refractivity contribution in [3.63, 3.8) is 0 Å². The molecule has 0 radical (unpaired) electrons. The lowest BCUT2D eigenvalue weighted by molar-refractivity contribution is 0.151. The lowest BCUT2D eigenvalue weighted by atomic mass is 10.1. The molecule has 0 spiro atoms. The summed E-state index contributed by atoms with van der Waals surface area (Å²) in [5.41, 5.74) is 2.44. The highest BCUT2D eigenvalue weighted by atomic mass is 19.3. The number of halogens is 2. The molecule has 0 heterocycles. The van der Waals surface area contributed by atoms with Gasteiger partial charge in [-0.05, 0) is 29.8 Å². The van der Waals surface area contributed by atoms with Gasteiger partial charge in [-0.1, -0.05) is 24.3 Å². The fourth-order valence-electron chi connectivity index (χ4n) is 1.65. The van der Waals surface area contributed by atoms with Crippen LogP contribution in [0.25, 0.3) is 0 Å². The Morgan fingerprint density at radius 2 is 1.63 bits per heavy atom. The molecule has 96 valence electrons. The van der Waals surface area contributed by atoms with Gasteiger partial charge in [0.15, 0.2) is 0 Å². The maximum Gasteiger partial charge on any atom is 0.263 e. The van der Waals surface area contributed by atoms with Crippen molar-refractivity contribution in [3.8, 4) is 6.07 Å². The largest absolute Gasteiger partial charge is 0.381 e. The van der Waals surface area contributed by atoms with Gasteiger partial charge in [0, 0.05) is 17.8 Å². The van der Waals surface area contributed by atoms with Crippen LogP contribution in [-0.2, 0) is 6.54 Å². The zero-order chi connectivity index (χ0) is 13.7. The number of anilines is 1. The first-order valence-electron chi connectivity index (χ1n) is 5.80.